The summed E-state index contributed by atoms with van der Waals surface area (Å²) in [6, 6.07) is 2.32. The molecule has 0 bridgehead atoms. The average Bonchev–Trinajstić information content (AvgIpc) is 3.10. The molecule has 0 atom stereocenters. The summed E-state index contributed by atoms with van der Waals surface area (Å²) in [5, 5.41) is 23.9. The predicted molar refractivity (Wildman–Crippen MR) is 111 cm³/mol. The second-order valence-corrected chi connectivity index (χ2v) is 6.44. The first-order chi connectivity index (χ1) is 15.9. The van der Waals surface area contributed by atoms with Gasteiger partial charge in [0.1, 0.15) is 19.3 Å². The second kappa shape index (κ2) is 16.4. The quantitative estimate of drug-likeness (QED) is 0.231. The Hall–Kier alpha value is -3.23. The lowest BCUT2D eigenvalue weighted by molar-refractivity contribution is -0.146. The smallest absolute Gasteiger partial charge is 0.407 e. The maximum atomic E-state index is 11.8. The van der Waals surface area contributed by atoms with Gasteiger partial charge >= 0.3 is 18.2 Å². The highest BCUT2D eigenvalue weighted by atomic mass is 16.7. The zero-order valence-electron chi connectivity index (χ0n) is 18.6. The Morgan fingerprint density at radius 2 is 1.42 bits per heavy atom. The van der Waals surface area contributed by atoms with Crippen molar-refractivity contribution in [2.24, 2.45) is 0 Å². The summed E-state index contributed by atoms with van der Waals surface area (Å²) in [5.74, 6) is -1.59. The predicted octanol–water partition coefficient (Wildman–Crippen LogP) is -0.235. The lowest BCUT2D eigenvalue weighted by Gasteiger charge is -2.18. The van der Waals surface area contributed by atoms with Crippen molar-refractivity contribution in [2.75, 3.05) is 60.3 Å². The number of hydrogen-bond acceptors (Lipinski definition) is 11. The van der Waals surface area contributed by atoms with Crippen LogP contribution in [0.1, 0.15) is 12.8 Å². The van der Waals surface area contributed by atoms with Crippen LogP contribution in [0.4, 0.5) is 9.59 Å². The highest BCUT2D eigenvalue weighted by Gasteiger charge is 2.17. The number of alkyl carbamates (subject to hydrolysis) is 2. The van der Waals surface area contributed by atoms with Gasteiger partial charge in [-0.15, -0.1) is 4.73 Å². The fourth-order valence-corrected chi connectivity index (χ4v) is 2.20. The van der Waals surface area contributed by atoms with Crippen LogP contribution in [0.2, 0.25) is 0 Å². The fourth-order valence-electron chi connectivity index (χ4n) is 2.20. The molecule has 0 aliphatic heterocycles. The molecule has 14 heteroatoms. The largest absolute Gasteiger partial charge is 0.492 e. The van der Waals surface area contributed by atoms with Crippen LogP contribution in [0.3, 0.4) is 0 Å². The van der Waals surface area contributed by atoms with Crippen molar-refractivity contribution in [1.29, 1.82) is 0 Å². The molecule has 2 amide bonds. The SMILES string of the molecule is COCCNC(=O)OCC(COC(=O)NCCOC)OCCCC(=O)On1c(O)ccc1O. The summed E-state index contributed by atoms with van der Waals surface area (Å²) in [4.78, 5) is 40.0. The van der Waals surface area contributed by atoms with Gasteiger partial charge < -0.3 is 49.4 Å². The van der Waals surface area contributed by atoms with Crippen molar-refractivity contribution in [3.05, 3.63) is 12.1 Å². The molecule has 33 heavy (non-hydrogen) atoms. The van der Waals surface area contributed by atoms with Crippen LogP contribution in [0.15, 0.2) is 12.1 Å². The third kappa shape index (κ3) is 12.4. The first-order valence-electron chi connectivity index (χ1n) is 10.1. The molecule has 1 aromatic rings. The van der Waals surface area contributed by atoms with Gasteiger partial charge in [0.15, 0.2) is 0 Å². The van der Waals surface area contributed by atoms with E-state index in [1.807, 2.05) is 0 Å². The van der Waals surface area contributed by atoms with E-state index in [-0.39, 0.29) is 45.8 Å². The molecule has 0 unspecified atom stereocenters. The second-order valence-electron chi connectivity index (χ2n) is 6.44. The van der Waals surface area contributed by atoms with Gasteiger partial charge in [-0.3, -0.25) is 0 Å². The van der Waals surface area contributed by atoms with Gasteiger partial charge in [-0.05, 0) is 6.42 Å². The van der Waals surface area contributed by atoms with Gasteiger partial charge in [-0.1, -0.05) is 0 Å². The van der Waals surface area contributed by atoms with E-state index in [2.05, 4.69) is 10.6 Å². The number of amides is 2. The Bertz CT molecular complexity index is 680. The van der Waals surface area contributed by atoms with Crippen molar-refractivity contribution in [2.45, 2.75) is 18.9 Å². The van der Waals surface area contributed by atoms with Crippen molar-refractivity contribution in [3.8, 4) is 11.8 Å². The number of nitrogens with one attached hydrogen (secondary N) is 2. The van der Waals surface area contributed by atoms with Crippen LogP contribution in [0.5, 0.6) is 11.8 Å². The lowest BCUT2D eigenvalue weighted by atomic mass is 10.3. The Balaban J connectivity index is 2.41. The van der Waals surface area contributed by atoms with Crippen LogP contribution in [0, 0.1) is 0 Å². The molecule has 1 aromatic heterocycles. The molecule has 0 radical (unpaired) electrons. The number of hydrogen-bond donors (Lipinski definition) is 4. The number of ether oxygens (including phenoxy) is 5. The standard InChI is InChI=1S/C19H31N3O11/c1-28-10-7-20-18(26)31-12-14(13-32-19(27)21-8-11-29-2)30-9-3-4-17(25)33-22-15(23)5-6-16(22)24/h5-6,14,23-24H,3-4,7-13H2,1-2H3,(H,20,26)(H,21,27). The maximum absolute atomic E-state index is 11.8. The summed E-state index contributed by atoms with van der Waals surface area (Å²) in [6.45, 7) is 0.775. The molecule has 0 spiro atoms. The number of rotatable bonds is 16. The molecule has 0 saturated carbocycles. The minimum Gasteiger partial charge on any atom is -0.492 e. The first kappa shape index (κ1) is 27.8. The molecule has 0 fully saturated rings. The summed E-state index contributed by atoms with van der Waals surface area (Å²) in [5.41, 5.74) is 0. The molecule has 4 N–H and O–H groups in total. The van der Waals surface area contributed by atoms with Crippen LogP contribution in [-0.2, 0) is 28.5 Å². The number of carbonyl (C=O) groups is 3. The van der Waals surface area contributed by atoms with Crippen molar-refractivity contribution >= 4 is 18.2 Å². The van der Waals surface area contributed by atoms with E-state index >= 15 is 0 Å². The third-order valence-corrected chi connectivity index (χ3v) is 3.82. The summed E-state index contributed by atoms with van der Waals surface area (Å²) in [6.07, 6.45) is -2.07. The van der Waals surface area contributed by atoms with Crippen LogP contribution in [0.25, 0.3) is 0 Å². The fraction of sp³-hybridized carbons (Fsp3) is 0.632. The highest BCUT2D eigenvalue weighted by Crippen LogP contribution is 2.18. The van der Waals surface area contributed by atoms with Gasteiger partial charge in [0.05, 0.1) is 19.6 Å². The molecule has 188 valence electrons. The van der Waals surface area contributed by atoms with E-state index in [9.17, 15) is 24.6 Å². The van der Waals surface area contributed by atoms with Crippen molar-refractivity contribution in [3.63, 3.8) is 0 Å². The number of nitrogens with zero attached hydrogens (tertiary/aromatic N) is 1. The van der Waals surface area contributed by atoms with E-state index in [4.69, 9.17) is 28.5 Å². The topological polar surface area (TPSA) is 176 Å². The summed E-state index contributed by atoms with van der Waals surface area (Å²) >= 11 is 0. The van der Waals surface area contributed by atoms with E-state index in [1.165, 1.54) is 14.2 Å². The van der Waals surface area contributed by atoms with Gasteiger partial charge in [-0.25, -0.2) is 14.4 Å². The molecule has 0 aromatic carbocycles. The number of methoxy groups -OCH3 is 2. The van der Waals surface area contributed by atoms with E-state index in [0.29, 0.717) is 17.9 Å². The monoisotopic (exact) mass is 477 g/mol. The average molecular weight is 477 g/mol. The Morgan fingerprint density at radius 1 is 0.909 bits per heavy atom. The summed E-state index contributed by atoms with van der Waals surface area (Å²) in [7, 11) is 2.98. The Labute approximate surface area is 190 Å². The van der Waals surface area contributed by atoms with Gasteiger partial charge in [0.25, 0.3) is 0 Å². The Morgan fingerprint density at radius 3 is 1.91 bits per heavy atom. The number of carbonyl (C=O) groups excluding carboxylic acids is 3. The van der Waals surface area contributed by atoms with Crippen LogP contribution < -0.4 is 15.5 Å². The minimum atomic E-state index is -0.792. The van der Waals surface area contributed by atoms with Gasteiger partial charge in [0, 0.05) is 46.0 Å². The zero-order chi connectivity index (χ0) is 24.5. The third-order valence-electron chi connectivity index (χ3n) is 3.82. The van der Waals surface area contributed by atoms with Crippen LogP contribution >= 0.6 is 0 Å². The van der Waals surface area contributed by atoms with Gasteiger partial charge in [0.2, 0.25) is 11.8 Å². The first-order valence-corrected chi connectivity index (χ1v) is 10.1. The zero-order valence-corrected chi connectivity index (χ0v) is 18.6. The normalized spacial score (nSPS) is 10.6. The molecule has 0 aliphatic rings. The molecular weight excluding hydrogens is 446 g/mol. The number of aromatic nitrogens is 1. The van der Waals surface area contributed by atoms with Crippen LogP contribution in [-0.4, -0.2) is 99.5 Å². The van der Waals surface area contributed by atoms with E-state index < -0.39 is 36.0 Å². The van der Waals surface area contributed by atoms with Gasteiger partial charge in [-0.2, -0.15) is 0 Å². The summed E-state index contributed by atoms with van der Waals surface area (Å²) < 4.78 is 25.9. The molecule has 1 rings (SSSR count). The maximum Gasteiger partial charge on any atom is 0.407 e. The Kier molecular flexibility index (Phi) is 13.8. The van der Waals surface area contributed by atoms with Crippen molar-refractivity contribution < 1.29 is 53.1 Å². The number of aromatic hydroxyl groups is 2. The van der Waals surface area contributed by atoms with Crippen molar-refractivity contribution in [1.82, 2.24) is 15.4 Å². The van der Waals surface area contributed by atoms with E-state index in [1.54, 1.807) is 0 Å². The molecular formula is C19H31N3O11. The minimum absolute atomic E-state index is 0.0483. The molecule has 0 aliphatic carbocycles. The molecule has 1 heterocycles. The highest BCUT2D eigenvalue weighted by molar-refractivity contribution is 5.70. The molecule has 0 saturated heterocycles. The lowest BCUT2D eigenvalue weighted by Crippen LogP contribution is -2.35. The molecule has 14 nitrogen and oxygen atoms in total. The van der Waals surface area contributed by atoms with E-state index in [0.717, 1.165) is 12.1 Å².